The minimum atomic E-state index is -3.01. The number of fused-ring (bicyclic) bond motifs is 1. The molecule has 24 heavy (non-hydrogen) atoms. The van der Waals surface area contributed by atoms with Crippen molar-refractivity contribution in [2.75, 3.05) is 11.6 Å². The highest BCUT2D eigenvalue weighted by atomic mass is 79.9. The summed E-state index contributed by atoms with van der Waals surface area (Å²) in [6.45, 7) is 0.595. The average molecular weight is 406 g/mol. The molecule has 1 aromatic heterocycles. The molecule has 0 aliphatic rings. The molecule has 0 atom stereocenters. The van der Waals surface area contributed by atoms with E-state index in [0.29, 0.717) is 6.54 Å². The van der Waals surface area contributed by atoms with Crippen molar-refractivity contribution in [3.63, 3.8) is 0 Å². The smallest absolute Gasteiger partial charge is 0.151 e. The van der Waals surface area contributed by atoms with Crippen LogP contribution in [0.2, 0.25) is 0 Å². The molecule has 0 aliphatic carbocycles. The van der Waals surface area contributed by atoms with Gasteiger partial charge in [0.25, 0.3) is 0 Å². The van der Waals surface area contributed by atoms with Crippen LogP contribution in [0.5, 0.6) is 0 Å². The van der Waals surface area contributed by atoms with Gasteiger partial charge >= 0.3 is 0 Å². The van der Waals surface area contributed by atoms with E-state index in [-0.39, 0.29) is 5.75 Å². The lowest BCUT2D eigenvalue weighted by atomic mass is 10.1. The first-order valence-corrected chi connectivity index (χ1v) is 10.2. The molecular weight excluding hydrogens is 390 g/mol. The van der Waals surface area contributed by atoms with E-state index < -0.39 is 9.84 Å². The Hall–Kier alpha value is -1.99. The number of halogens is 1. The summed E-state index contributed by atoms with van der Waals surface area (Å²) in [6, 6.07) is 13.4. The number of benzene rings is 2. The van der Waals surface area contributed by atoms with Crippen molar-refractivity contribution in [3.8, 4) is 0 Å². The monoisotopic (exact) mass is 405 g/mol. The highest BCUT2D eigenvalue weighted by Crippen LogP contribution is 2.23. The second-order valence-corrected chi connectivity index (χ2v) is 8.68. The van der Waals surface area contributed by atoms with Crippen LogP contribution in [0.15, 0.2) is 53.3 Å². The first-order chi connectivity index (χ1) is 11.4. The lowest BCUT2D eigenvalue weighted by Crippen LogP contribution is -2.04. The van der Waals surface area contributed by atoms with Gasteiger partial charge in [-0.25, -0.2) is 18.4 Å². The van der Waals surface area contributed by atoms with Crippen molar-refractivity contribution in [1.29, 1.82) is 0 Å². The number of rotatable bonds is 5. The summed E-state index contributed by atoms with van der Waals surface area (Å²) in [5, 5.41) is 4.25. The van der Waals surface area contributed by atoms with E-state index >= 15 is 0 Å². The predicted molar refractivity (Wildman–Crippen MR) is 99.6 cm³/mol. The van der Waals surface area contributed by atoms with Gasteiger partial charge in [0.15, 0.2) is 9.84 Å². The van der Waals surface area contributed by atoms with Crippen molar-refractivity contribution in [1.82, 2.24) is 9.97 Å². The number of aromatic nitrogens is 2. The maximum atomic E-state index is 11.3. The maximum Gasteiger partial charge on any atom is 0.151 e. The zero-order valence-corrected chi connectivity index (χ0v) is 15.4. The Kier molecular flexibility index (Phi) is 4.82. The van der Waals surface area contributed by atoms with Gasteiger partial charge < -0.3 is 5.32 Å². The van der Waals surface area contributed by atoms with Gasteiger partial charge in [0.1, 0.15) is 12.1 Å². The van der Waals surface area contributed by atoms with Crippen molar-refractivity contribution >= 4 is 42.5 Å². The highest BCUT2D eigenvalue weighted by molar-refractivity contribution is 9.10. The largest absolute Gasteiger partial charge is 0.365 e. The van der Waals surface area contributed by atoms with Crippen LogP contribution in [-0.2, 0) is 22.1 Å². The third-order valence-corrected chi connectivity index (χ3v) is 4.86. The minimum Gasteiger partial charge on any atom is -0.365 e. The standard InChI is InChI=1S/C17H16BrN3O2S/c1-24(22,23)10-13-4-2-12(3-5-13)9-19-17-15-8-14(18)6-7-16(15)20-11-21-17/h2-8,11H,9-10H2,1H3,(H,19,20,21). The Labute approximate surface area is 149 Å². The number of anilines is 1. The van der Waals surface area contributed by atoms with Crippen LogP contribution < -0.4 is 5.32 Å². The fourth-order valence-electron chi connectivity index (χ4n) is 2.41. The van der Waals surface area contributed by atoms with Crippen LogP contribution in [0.1, 0.15) is 11.1 Å². The van der Waals surface area contributed by atoms with Gasteiger partial charge in [-0.2, -0.15) is 0 Å². The summed E-state index contributed by atoms with van der Waals surface area (Å²) in [5.41, 5.74) is 2.71. The van der Waals surface area contributed by atoms with Crippen LogP contribution in [0.25, 0.3) is 10.9 Å². The number of nitrogens with one attached hydrogen (secondary N) is 1. The van der Waals surface area contributed by atoms with E-state index in [1.54, 1.807) is 0 Å². The fourth-order valence-corrected chi connectivity index (χ4v) is 3.57. The molecule has 0 fully saturated rings. The second kappa shape index (κ2) is 6.86. The molecule has 2 aromatic carbocycles. The zero-order valence-electron chi connectivity index (χ0n) is 13.0. The quantitative estimate of drug-likeness (QED) is 0.702. The van der Waals surface area contributed by atoms with Gasteiger partial charge in [-0.05, 0) is 29.3 Å². The zero-order chi connectivity index (χ0) is 17.2. The van der Waals surface area contributed by atoms with Crippen LogP contribution in [0.4, 0.5) is 5.82 Å². The second-order valence-electron chi connectivity index (χ2n) is 5.62. The molecule has 3 aromatic rings. The maximum absolute atomic E-state index is 11.3. The molecule has 0 amide bonds. The van der Waals surface area contributed by atoms with Crippen molar-refractivity contribution in [2.24, 2.45) is 0 Å². The Morgan fingerprint density at radius 1 is 1.04 bits per heavy atom. The summed E-state index contributed by atoms with van der Waals surface area (Å²) in [5.74, 6) is 0.826. The van der Waals surface area contributed by atoms with Gasteiger partial charge in [0.2, 0.25) is 0 Å². The Morgan fingerprint density at radius 2 is 1.75 bits per heavy atom. The molecule has 0 saturated heterocycles. The van der Waals surface area contributed by atoms with E-state index in [1.165, 1.54) is 12.6 Å². The number of hydrogen-bond donors (Lipinski definition) is 1. The van der Waals surface area contributed by atoms with E-state index in [1.807, 2.05) is 42.5 Å². The number of nitrogens with zero attached hydrogens (tertiary/aromatic N) is 2. The van der Waals surface area contributed by atoms with E-state index in [9.17, 15) is 8.42 Å². The molecule has 124 valence electrons. The predicted octanol–water partition coefficient (Wildman–Crippen LogP) is 3.55. The molecule has 7 heteroatoms. The molecule has 0 radical (unpaired) electrons. The van der Waals surface area contributed by atoms with Gasteiger partial charge in [-0.1, -0.05) is 40.2 Å². The third kappa shape index (κ3) is 4.30. The van der Waals surface area contributed by atoms with E-state index in [0.717, 1.165) is 32.3 Å². The van der Waals surface area contributed by atoms with E-state index in [4.69, 9.17) is 0 Å². The van der Waals surface area contributed by atoms with Crippen LogP contribution in [0, 0.1) is 0 Å². The first-order valence-electron chi connectivity index (χ1n) is 7.30. The topological polar surface area (TPSA) is 72.0 Å². The lowest BCUT2D eigenvalue weighted by molar-refractivity contribution is 0.601. The Bertz CT molecular complexity index is 973. The molecule has 0 bridgehead atoms. The third-order valence-electron chi connectivity index (χ3n) is 3.51. The Morgan fingerprint density at radius 3 is 2.46 bits per heavy atom. The molecule has 0 spiro atoms. The van der Waals surface area contributed by atoms with Gasteiger partial charge in [0.05, 0.1) is 11.3 Å². The Balaban J connectivity index is 1.75. The molecule has 1 N–H and O–H groups in total. The minimum absolute atomic E-state index is 0.0608. The number of sulfone groups is 1. The normalized spacial score (nSPS) is 11.6. The summed E-state index contributed by atoms with van der Waals surface area (Å²) >= 11 is 3.46. The average Bonchev–Trinajstić information content (AvgIpc) is 2.53. The van der Waals surface area contributed by atoms with Gasteiger partial charge in [-0.15, -0.1) is 0 Å². The molecule has 0 unspecified atom stereocenters. The molecule has 1 heterocycles. The highest BCUT2D eigenvalue weighted by Gasteiger charge is 2.06. The van der Waals surface area contributed by atoms with Crippen molar-refractivity contribution < 1.29 is 8.42 Å². The molecule has 3 rings (SSSR count). The lowest BCUT2D eigenvalue weighted by Gasteiger charge is -2.09. The van der Waals surface area contributed by atoms with Crippen molar-refractivity contribution in [3.05, 3.63) is 64.4 Å². The first kappa shape index (κ1) is 16.9. The van der Waals surface area contributed by atoms with E-state index in [2.05, 4.69) is 31.2 Å². The SMILES string of the molecule is CS(=O)(=O)Cc1ccc(CNc2ncnc3ccc(Br)cc23)cc1. The molecule has 0 saturated carbocycles. The van der Waals surface area contributed by atoms with Gasteiger partial charge in [-0.3, -0.25) is 0 Å². The molecular formula is C17H16BrN3O2S. The number of hydrogen-bond acceptors (Lipinski definition) is 5. The summed E-state index contributed by atoms with van der Waals surface area (Å²) in [6.07, 6.45) is 2.77. The molecule has 5 nitrogen and oxygen atoms in total. The van der Waals surface area contributed by atoms with Crippen LogP contribution >= 0.6 is 15.9 Å². The van der Waals surface area contributed by atoms with Crippen LogP contribution in [0.3, 0.4) is 0 Å². The summed E-state index contributed by atoms with van der Waals surface area (Å²) in [4.78, 5) is 8.56. The summed E-state index contributed by atoms with van der Waals surface area (Å²) < 4.78 is 23.6. The summed E-state index contributed by atoms with van der Waals surface area (Å²) in [7, 11) is -3.01. The van der Waals surface area contributed by atoms with Crippen LogP contribution in [-0.4, -0.2) is 24.6 Å². The molecule has 0 aliphatic heterocycles. The fraction of sp³-hybridized carbons (Fsp3) is 0.176. The van der Waals surface area contributed by atoms with Gasteiger partial charge in [0, 0.05) is 22.7 Å². The van der Waals surface area contributed by atoms with Crippen molar-refractivity contribution in [2.45, 2.75) is 12.3 Å².